The summed E-state index contributed by atoms with van der Waals surface area (Å²) >= 11 is 0. The molecule has 5 heteroatoms. The fourth-order valence-corrected chi connectivity index (χ4v) is 5.68. The van der Waals surface area contributed by atoms with Crippen LogP contribution in [0.25, 0.3) is 38.9 Å². The number of rotatable bonds is 3. The Hall–Kier alpha value is -3.54. The smallest absolute Gasteiger partial charge is 0.162 e. The molecule has 0 unspecified atom stereocenters. The van der Waals surface area contributed by atoms with Gasteiger partial charge in [-0.25, -0.2) is 9.50 Å². The lowest BCUT2D eigenvalue weighted by atomic mass is 9.63. The summed E-state index contributed by atoms with van der Waals surface area (Å²) in [7, 11) is 0. The Balaban J connectivity index is 1.57. The highest BCUT2D eigenvalue weighted by molar-refractivity contribution is 5.95. The maximum atomic E-state index is 10.2. The summed E-state index contributed by atoms with van der Waals surface area (Å²) in [6, 6.07) is 25.1. The zero-order valence-corrected chi connectivity index (χ0v) is 19.7. The lowest BCUT2D eigenvalue weighted by molar-refractivity contribution is -0.0738. The van der Waals surface area contributed by atoms with Crippen molar-refractivity contribution < 1.29 is 5.11 Å². The highest BCUT2D eigenvalue weighted by Crippen LogP contribution is 2.46. The van der Waals surface area contributed by atoms with Crippen LogP contribution in [0.1, 0.15) is 36.6 Å². The summed E-state index contributed by atoms with van der Waals surface area (Å²) in [4.78, 5) is 5.20. The van der Waals surface area contributed by atoms with Gasteiger partial charge in [-0.3, -0.25) is 0 Å². The van der Waals surface area contributed by atoms with Crippen molar-refractivity contribution in [3.8, 4) is 22.4 Å². The van der Waals surface area contributed by atoms with Crippen LogP contribution in [0.5, 0.6) is 0 Å². The van der Waals surface area contributed by atoms with Crippen LogP contribution in [-0.4, -0.2) is 25.3 Å². The molecule has 0 bridgehead atoms. The first-order chi connectivity index (χ1) is 16.2. The summed E-state index contributed by atoms with van der Waals surface area (Å²) in [5, 5.41) is 16.0. The Labute approximate surface area is 198 Å². The number of hydrogen-bond acceptors (Lipinski definition) is 4. The highest BCUT2D eigenvalue weighted by atomic mass is 16.3. The number of aliphatic hydroxyl groups is 1. The third-order valence-electron chi connectivity index (χ3n) is 7.14. The van der Waals surface area contributed by atoms with Gasteiger partial charge in [0.15, 0.2) is 5.65 Å². The first kappa shape index (κ1) is 21.0. The van der Waals surface area contributed by atoms with Crippen molar-refractivity contribution >= 4 is 16.6 Å². The zero-order valence-electron chi connectivity index (χ0n) is 19.7. The van der Waals surface area contributed by atoms with E-state index in [1.54, 1.807) is 0 Å². The SMILES string of the molecule is Cc1cc2ccc3c(C)c(-c4ccccc4)c(-c4ccc(C5(N)CC(C)(O)C5)cc4)nc3n2n1. The molecule has 1 fully saturated rings. The van der Waals surface area contributed by atoms with Crippen LogP contribution in [-0.2, 0) is 5.54 Å². The largest absolute Gasteiger partial charge is 0.390 e. The second-order valence-electron chi connectivity index (χ2n) is 10.1. The normalized spacial score (nSPS) is 22.3. The van der Waals surface area contributed by atoms with Crippen LogP contribution in [0.2, 0.25) is 0 Å². The van der Waals surface area contributed by atoms with E-state index < -0.39 is 11.1 Å². The molecular formula is C29H28N4O. The first-order valence-electron chi connectivity index (χ1n) is 11.7. The Morgan fingerprint density at radius 1 is 0.912 bits per heavy atom. The molecule has 0 aliphatic heterocycles. The number of aromatic nitrogens is 3. The van der Waals surface area contributed by atoms with E-state index in [-0.39, 0.29) is 0 Å². The predicted octanol–water partition coefficient (Wildman–Crippen LogP) is 5.53. The van der Waals surface area contributed by atoms with Gasteiger partial charge in [0.25, 0.3) is 0 Å². The second-order valence-corrected chi connectivity index (χ2v) is 10.1. The van der Waals surface area contributed by atoms with Crippen molar-refractivity contribution in [1.29, 1.82) is 0 Å². The maximum absolute atomic E-state index is 10.2. The van der Waals surface area contributed by atoms with E-state index in [0.29, 0.717) is 12.8 Å². The molecule has 1 aliphatic carbocycles. The van der Waals surface area contributed by atoms with Gasteiger partial charge in [-0.1, -0.05) is 54.6 Å². The fraction of sp³-hybridized carbons (Fsp3) is 0.241. The van der Waals surface area contributed by atoms with Gasteiger partial charge in [-0.15, -0.1) is 0 Å². The van der Waals surface area contributed by atoms with Gasteiger partial charge in [0, 0.05) is 22.1 Å². The average molecular weight is 449 g/mol. The van der Waals surface area contributed by atoms with Crippen LogP contribution in [0, 0.1) is 13.8 Å². The molecular weight excluding hydrogens is 420 g/mol. The average Bonchev–Trinajstić information content (AvgIpc) is 3.19. The third-order valence-corrected chi connectivity index (χ3v) is 7.14. The summed E-state index contributed by atoms with van der Waals surface area (Å²) in [5.74, 6) is 0. The summed E-state index contributed by atoms with van der Waals surface area (Å²) in [5.41, 5.74) is 14.7. The number of pyridine rings is 2. The van der Waals surface area contributed by atoms with Crippen molar-refractivity contribution in [2.24, 2.45) is 5.73 Å². The predicted molar refractivity (Wildman–Crippen MR) is 137 cm³/mol. The molecule has 3 heterocycles. The van der Waals surface area contributed by atoms with Crippen molar-refractivity contribution in [3.05, 3.63) is 89.6 Å². The van der Waals surface area contributed by atoms with E-state index in [2.05, 4.69) is 73.7 Å². The number of aryl methyl sites for hydroxylation is 2. The topological polar surface area (TPSA) is 76.4 Å². The minimum Gasteiger partial charge on any atom is -0.390 e. The summed E-state index contributed by atoms with van der Waals surface area (Å²) < 4.78 is 1.94. The number of benzene rings is 2. The third kappa shape index (κ3) is 3.23. The molecule has 6 rings (SSSR count). The van der Waals surface area contributed by atoms with Crippen molar-refractivity contribution in [1.82, 2.24) is 14.6 Å². The van der Waals surface area contributed by atoms with Gasteiger partial charge in [0.2, 0.25) is 0 Å². The molecule has 1 saturated carbocycles. The van der Waals surface area contributed by atoms with Gasteiger partial charge in [0.05, 0.1) is 22.5 Å². The second kappa shape index (κ2) is 7.23. The van der Waals surface area contributed by atoms with Gasteiger partial charge >= 0.3 is 0 Å². The Kier molecular flexibility index (Phi) is 4.47. The minimum absolute atomic E-state index is 0.476. The minimum atomic E-state index is -0.682. The Morgan fingerprint density at radius 3 is 2.29 bits per heavy atom. The molecule has 0 radical (unpaired) electrons. The van der Waals surface area contributed by atoms with E-state index >= 15 is 0 Å². The lowest BCUT2D eigenvalue weighted by Gasteiger charge is -2.49. The molecule has 34 heavy (non-hydrogen) atoms. The first-order valence-corrected chi connectivity index (χ1v) is 11.7. The van der Waals surface area contributed by atoms with Crippen LogP contribution in [0.15, 0.2) is 72.8 Å². The fourth-order valence-electron chi connectivity index (χ4n) is 5.68. The monoisotopic (exact) mass is 448 g/mol. The molecule has 170 valence electrons. The number of nitrogens with zero attached hydrogens (tertiary/aromatic N) is 3. The molecule has 2 aromatic carbocycles. The zero-order chi connectivity index (χ0) is 23.7. The summed E-state index contributed by atoms with van der Waals surface area (Å²) in [6.45, 7) is 6.01. The highest BCUT2D eigenvalue weighted by Gasteiger charge is 2.49. The standard InChI is InChI=1S/C29H28N4O/c1-18-15-23-13-14-24-19(2)25(20-7-5-4-6-8-20)26(31-27(24)33(23)32-18)21-9-11-22(12-10-21)29(30)16-28(3,34)17-29/h4-15,34H,16-17,30H2,1-3H3. The molecule has 1 aliphatic rings. The van der Waals surface area contributed by atoms with Crippen molar-refractivity contribution in [2.75, 3.05) is 0 Å². The molecule has 0 spiro atoms. The van der Waals surface area contributed by atoms with Crippen LogP contribution < -0.4 is 5.73 Å². The van der Waals surface area contributed by atoms with Crippen LogP contribution in [0.4, 0.5) is 0 Å². The van der Waals surface area contributed by atoms with E-state index in [1.165, 1.54) is 5.56 Å². The van der Waals surface area contributed by atoms with Gasteiger partial charge < -0.3 is 10.8 Å². The molecule has 0 atom stereocenters. The number of hydrogen-bond donors (Lipinski definition) is 2. The van der Waals surface area contributed by atoms with E-state index in [1.807, 2.05) is 24.4 Å². The molecule has 5 aromatic rings. The van der Waals surface area contributed by atoms with Crippen molar-refractivity contribution in [3.63, 3.8) is 0 Å². The molecule has 0 amide bonds. The lowest BCUT2D eigenvalue weighted by Crippen LogP contribution is -2.58. The maximum Gasteiger partial charge on any atom is 0.162 e. The summed E-state index contributed by atoms with van der Waals surface area (Å²) in [6.07, 6.45) is 1.14. The Morgan fingerprint density at radius 2 is 1.62 bits per heavy atom. The quantitative estimate of drug-likeness (QED) is 0.380. The van der Waals surface area contributed by atoms with Crippen molar-refractivity contribution in [2.45, 2.75) is 44.8 Å². The molecule has 3 aromatic heterocycles. The molecule has 0 saturated heterocycles. The number of fused-ring (bicyclic) bond motifs is 3. The molecule has 3 N–H and O–H groups in total. The molecule has 5 nitrogen and oxygen atoms in total. The van der Waals surface area contributed by atoms with Gasteiger partial charge in [-0.05, 0) is 68.5 Å². The van der Waals surface area contributed by atoms with Gasteiger partial charge in [-0.2, -0.15) is 5.10 Å². The van der Waals surface area contributed by atoms with Gasteiger partial charge in [0.1, 0.15) is 0 Å². The van der Waals surface area contributed by atoms with Crippen LogP contribution in [0.3, 0.4) is 0 Å². The Bertz CT molecular complexity index is 1540. The van der Waals surface area contributed by atoms with E-state index in [9.17, 15) is 5.11 Å². The number of nitrogens with two attached hydrogens (primary N) is 1. The van der Waals surface area contributed by atoms with E-state index in [0.717, 1.165) is 50.2 Å². The van der Waals surface area contributed by atoms with Crippen LogP contribution >= 0.6 is 0 Å². The van der Waals surface area contributed by atoms with E-state index in [4.69, 9.17) is 15.8 Å².